The number of fused-ring (bicyclic) bond motifs is 1. The molecule has 1 saturated carbocycles. The van der Waals surface area contributed by atoms with Crippen molar-refractivity contribution in [1.29, 1.82) is 0 Å². The van der Waals surface area contributed by atoms with E-state index < -0.39 is 17.5 Å². The predicted molar refractivity (Wildman–Crippen MR) is 131 cm³/mol. The Kier molecular flexibility index (Phi) is 8.53. The zero-order valence-corrected chi connectivity index (χ0v) is 20.6. The molecule has 2 aliphatic rings. The first-order valence-corrected chi connectivity index (χ1v) is 12.4. The molecule has 2 aromatic carbocycles. The lowest BCUT2D eigenvalue weighted by atomic mass is 9.77. The number of aliphatic hydroxyl groups excluding tert-OH is 1. The third-order valence-corrected chi connectivity index (χ3v) is 6.75. The molecular weight excluding hydrogens is 491 g/mol. The Bertz CT molecular complexity index is 1090. The summed E-state index contributed by atoms with van der Waals surface area (Å²) in [6, 6.07) is 9.32. The van der Waals surface area contributed by atoms with Crippen LogP contribution in [0.25, 0.3) is 0 Å². The fourth-order valence-electron chi connectivity index (χ4n) is 4.71. The maximum absolute atomic E-state index is 13.6. The zero-order chi connectivity index (χ0) is 25.5. The number of halogens is 2. The minimum Gasteiger partial charge on any atom is -0.484 e. The highest BCUT2D eigenvalue weighted by molar-refractivity contribution is 6.30. The molecule has 1 aliphatic carbocycles. The standard InChI is InChI=1S/C26H30ClFN2O6/c27-20-6-5-19(12-21(20)28)34-15-25(33)30-26(8-2-1-3-9-26)13-18(31)14-29-24(32)11-17-4-7-22-23(10-17)36-16-35-22/h4-7,10,12,18,31H,1-3,8-9,11,13-16H2,(H,29,32)(H,30,33). The smallest absolute Gasteiger partial charge is 0.258 e. The molecule has 1 heterocycles. The quantitative estimate of drug-likeness (QED) is 0.442. The van der Waals surface area contributed by atoms with Crippen LogP contribution < -0.4 is 24.8 Å². The van der Waals surface area contributed by atoms with Gasteiger partial charge in [0.25, 0.3) is 5.91 Å². The number of amides is 2. The lowest BCUT2D eigenvalue weighted by molar-refractivity contribution is -0.126. The number of rotatable bonds is 10. The molecule has 2 amide bonds. The van der Waals surface area contributed by atoms with Crippen LogP contribution in [-0.4, -0.2) is 48.5 Å². The molecule has 3 N–H and O–H groups in total. The summed E-state index contributed by atoms with van der Waals surface area (Å²) in [5.41, 5.74) is 0.189. The third-order valence-electron chi connectivity index (χ3n) is 6.44. The van der Waals surface area contributed by atoms with Gasteiger partial charge in [-0.25, -0.2) is 4.39 Å². The second-order valence-electron chi connectivity index (χ2n) is 9.28. The van der Waals surface area contributed by atoms with Crippen LogP contribution in [0.4, 0.5) is 4.39 Å². The highest BCUT2D eigenvalue weighted by Crippen LogP contribution is 2.33. The maximum atomic E-state index is 13.6. The third kappa shape index (κ3) is 7.01. The second-order valence-corrected chi connectivity index (χ2v) is 9.69. The van der Waals surface area contributed by atoms with E-state index >= 15 is 0 Å². The van der Waals surface area contributed by atoms with Crippen molar-refractivity contribution >= 4 is 23.4 Å². The van der Waals surface area contributed by atoms with Crippen LogP contribution in [-0.2, 0) is 16.0 Å². The zero-order valence-electron chi connectivity index (χ0n) is 19.9. The van der Waals surface area contributed by atoms with Crippen molar-refractivity contribution in [2.45, 2.75) is 56.6 Å². The van der Waals surface area contributed by atoms with Crippen molar-refractivity contribution in [2.24, 2.45) is 0 Å². The summed E-state index contributed by atoms with van der Waals surface area (Å²) in [7, 11) is 0. The Hall–Kier alpha value is -3.04. The number of carbonyl (C=O) groups is 2. The van der Waals surface area contributed by atoms with Gasteiger partial charge in [-0.15, -0.1) is 0 Å². The number of aliphatic hydroxyl groups is 1. The lowest BCUT2D eigenvalue weighted by Gasteiger charge is -2.39. The van der Waals surface area contributed by atoms with Gasteiger partial charge in [0.2, 0.25) is 12.7 Å². The number of hydrogen-bond donors (Lipinski definition) is 3. The summed E-state index contributed by atoms with van der Waals surface area (Å²) >= 11 is 5.68. The Morgan fingerprint density at radius 1 is 1.08 bits per heavy atom. The van der Waals surface area contributed by atoms with E-state index in [1.165, 1.54) is 12.1 Å². The maximum Gasteiger partial charge on any atom is 0.258 e. The molecule has 0 radical (unpaired) electrons. The number of hydrogen-bond acceptors (Lipinski definition) is 6. The van der Waals surface area contributed by atoms with Crippen molar-refractivity contribution in [1.82, 2.24) is 10.6 Å². The minimum absolute atomic E-state index is 0.0232. The topological polar surface area (TPSA) is 106 Å². The number of nitrogens with one attached hydrogen (secondary N) is 2. The molecule has 1 atom stereocenters. The molecule has 1 fully saturated rings. The number of ether oxygens (including phenoxy) is 3. The van der Waals surface area contributed by atoms with Crippen molar-refractivity contribution < 1.29 is 33.3 Å². The molecule has 4 rings (SSSR count). The van der Waals surface area contributed by atoms with Gasteiger partial charge in [0, 0.05) is 18.2 Å². The Balaban J connectivity index is 1.26. The number of benzene rings is 2. The van der Waals surface area contributed by atoms with Gasteiger partial charge in [0.05, 0.1) is 17.5 Å². The summed E-state index contributed by atoms with van der Waals surface area (Å²) in [4.78, 5) is 25.1. The first kappa shape index (κ1) is 26.0. The molecule has 2 aromatic rings. The van der Waals surface area contributed by atoms with Gasteiger partial charge in [-0.3, -0.25) is 9.59 Å². The van der Waals surface area contributed by atoms with Gasteiger partial charge >= 0.3 is 0 Å². The van der Waals surface area contributed by atoms with E-state index in [1.54, 1.807) is 18.2 Å². The summed E-state index contributed by atoms with van der Waals surface area (Å²) in [5, 5.41) is 16.5. The Labute approximate surface area is 214 Å². The molecular formula is C26H30ClFN2O6. The first-order chi connectivity index (χ1) is 17.3. The molecule has 1 unspecified atom stereocenters. The van der Waals surface area contributed by atoms with E-state index in [1.807, 2.05) is 0 Å². The largest absolute Gasteiger partial charge is 0.484 e. The van der Waals surface area contributed by atoms with Crippen LogP contribution in [0.1, 0.15) is 44.1 Å². The molecule has 10 heteroatoms. The van der Waals surface area contributed by atoms with E-state index in [2.05, 4.69) is 10.6 Å². The molecule has 0 saturated heterocycles. The van der Waals surface area contributed by atoms with E-state index in [-0.39, 0.29) is 49.0 Å². The van der Waals surface area contributed by atoms with Crippen molar-refractivity contribution in [2.75, 3.05) is 19.9 Å². The second kappa shape index (κ2) is 11.8. The summed E-state index contributed by atoms with van der Waals surface area (Å²) in [5.74, 6) is 0.266. The lowest BCUT2D eigenvalue weighted by Crippen LogP contribution is -2.54. The fraction of sp³-hybridized carbons (Fsp3) is 0.462. The van der Waals surface area contributed by atoms with E-state index in [0.29, 0.717) is 17.9 Å². The van der Waals surface area contributed by atoms with Gasteiger partial charge in [0.1, 0.15) is 11.6 Å². The number of carbonyl (C=O) groups excluding carboxylic acids is 2. The van der Waals surface area contributed by atoms with Crippen LogP contribution in [0.15, 0.2) is 36.4 Å². The van der Waals surface area contributed by atoms with Gasteiger partial charge in [-0.1, -0.05) is 36.9 Å². The minimum atomic E-state index is -0.838. The molecule has 0 spiro atoms. The van der Waals surface area contributed by atoms with Crippen LogP contribution >= 0.6 is 11.6 Å². The summed E-state index contributed by atoms with van der Waals surface area (Å²) in [6.07, 6.45) is 3.95. The molecule has 1 aliphatic heterocycles. The Morgan fingerprint density at radius 2 is 1.86 bits per heavy atom. The van der Waals surface area contributed by atoms with E-state index in [4.69, 9.17) is 25.8 Å². The monoisotopic (exact) mass is 520 g/mol. The molecule has 36 heavy (non-hydrogen) atoms. The SMILES string of the molecule is O=C(Cc1ccc2c(c1)OCO2)NCC(O)CC1(NC(=O)COc2ccc(Cl)c(F)c2)CCCCC1. The average molecular weight is 521 g/mol. The van der Waals surface area contributed by atoms with E-state index in [0.717, 1.165) is 43.7 Å². The van der Waals surface area contributed by atoms with E-state index in [9.17, 15) is 19.1 Å². The fourth-order valence-corrected chi connectivity index (χ4v) is 4.83. The Morgan fingerprint density at radius 3 is 2.64 bits per heavy atom. The van der Waals surface area contributed by atoms with Crippen LogP contribution in [0.5, 0.6) is 17.2 Å². The predicted octanol–water partition coefficient (Wildman–Crippen LogP) is 3.52. The average Bonchev–Trinajstić information content (AvgIpc) is 3.32. The van der Waals surface area contributed by atoms with Gasteiger partial charge in [-0.2, -0.15) is 0 Å². The van der Waals surface area contributed by atoms with Crippen molar-refractivity contribution in [3.8, 4) is 17.2 Å². The highest BCUT2D eigenvalue weighted by Gasteiger charge is 2.35. The summed E-state index contributed by atoms with van der Waals surface area (Å²) in [6.45, 7) is -0.0476. The van der Waals surface area contributed by atoms with Gasteiger partial charge in [-0.05, 0) is 49.1 Å². The van der Waals surface area contributed by atoms with Crippen LogP contribution in [0, 0.1) is 5.82 Å². The van der Waals surface area contributed by atoms with Crippen LogP contribution in [0.3, 0.4) is 0 Å². The van der Waals surface area contributed by atoms with Gasteiger partial charge < -0.3 is 30.0 Å². The first-order valence-electron chi connectivity index (χ1n) is 12.0. The molecule has 194 valence electrons. The molecule has 0 bridgehead atoms. The van der Waals surface area contributed by atoms with Crippen molar-refractivity contribution in [3.63, 3.8) is 0 Å². The molecule has 8 nitrogen and oxygen atoms in total. The van der Waals surface area contributed by atoms with Gasteiger partial charge in [0.15, 0.2) is 18.1 Å². The van der Waals surface area contributed by atoms with Crippen LogP contribution in [0.2, 0.25) is 5.02 Å². The van der Waals surface area contributed by atoms with Crippen molar-refractivity contribution in [3.05, 3.63) is 52.8 Å². The normalized spacial score (nSPS) is 16.8. The summed E-state index contributed by atoms with van der Waals surface area (Å²) < 4.78 is 29.6. The highest BCUT2D eigenvalue weighted by atomic mass is 35.5. The molecule has 0 aromatic heterocycles.